The summed E-state index contributed by atoms with van der Waals surface area (Å²) in [6.45, 7) is 3.61. The van der Waals surface area contributed by atoms with Gasteiger partial charge in [-0.3, -0.25) is 4.79 Å². The molecule has 0 aromatic carbocycles. The van der Waals surface area contributed by atoms with E-state index >= 15 is 0 Å². The molecular formula is C41H71NO8. The van der Waals surface area contributed by atoms with Crippen molar-refractivity contribution in [2.75, 3.05) is 13.2 Å². The van der Waals surface area contributed by atoms with Crippen molar-refractivity contribution in [2.45, 2.75) is 179 Å². The van der Waals surface area contributed by atoms with Crippen LogP contribution in [0.15, 0.2) is 60.8 Å². The molecule has 9 heteroatoms. The summed E-state index contributed by atoms with van der Waals surface area (Å²) < 4.78 is 11.1. The maximum absolute atomic E-state index is 12.9. The lowest BCUT2D eigenvalue weighted by Crippen LogP contribution is -2.60. The summed E-state index contributed by atoms with van der Waals surface area (Å²) in [7, 11) is 0. The zero-order chi connectivity index (χ0) is 36.7. The first kappa shape index (κ1) is 45.9. The van der Waals surface area contributed by atoms with Crippen LogP contribution in [0, 0.1) is 0 Å². The Hall–Kier alpha value is -2.11. The Morgan fingerprint density at radius 2 is 1.24 bits per heavy atom. The second kappa shape index (κ2) is 31.6. The van der Waals surface area contributed by atoms with Gasteiger partial charge in [-0.05, 0) is 70.6 Å². The first-order valence-electron chi connectivity index (χ1n) is 19.5. The van der Waals surface area contributed by atoms with Gasteiger partial charge < -0.3 is 40.3 Å². The minimum absolute atomic E-state index is 0.211. The summed E-state index contributed by atoms with van der Waals surface area (Å²) in [6, 6.07) is -0.834. The van der Waals surface area contributed by atoms with Gasteiger partial charge in [-0.1, -0.05) is 120 Å². The summed E-state index contributed by atoms with van der Waals surface area (Å²) >= 11 is 0. The van der Waals surface area contributed by atoms with Crippen molar-refractivity contribution in [3.05, 3.63) is 60.8 Å². The molecule has 50 heavy (non-hydrogen) atoms. The number of carbonyl (C=O) groups is 1. The van der Waals surface area contributed by atoms with Crippen LogP contribution in [-0.2, 0) is 14.3 Å². The predicted molar refractivity (Wildman–Crippen MR) is 202 cm³/mol. The molecule has 0 aromatic heterocycles. The maximum Gasteiger partial charge on any atom is 0.220 e. The van der Waals surface area contributed by atoms with Crippen molar-refractivity contribution < 1.29 is 39.8 Å². The van der Waals surface area contributed by atoms with Gasteiger partial charge in [0.2, 0.25) is 5.91 Å². The van der Waals surface area contributed by atoms with Gasteiger partial charge in [-0.15, -0.1) is 0 Å². The zero-order valence-electron chi connectivity index (χ0n) is 31.1. The molecule has 0 aromatic rings. The minimum Gasteiger partial charge on any atom is -0.394 e. The van der Waals surface area contributed by atoms with Gasteiger partial charge in [0.05, 0.1) is 25.4 Å². The highest BCUT2D eigenvalue weighted by atomic mass is 16.7. The van der Waals surface area contributed by atoms with Gasteiger partial charge >= 0.3 is 0 Å². The first-order chi connectivity index (χ1) is 24.3. The molecule has 0 radical (unpaired) electrons. The Morgan fingerprint density at radius 3 is 1.88 bits per heavy atom. The van der Waals surface area contributed by atoms with Crippen molar-refractivity contribution in [2.24, 2.45) is 0 Å². The molecule has 1 amide bonds. The van der Waals surface area contributed by atoms with Crippen LogP contribution >= 0.6 is 0 Å². The molecule has 1 saturated heterocycles. The number of aliphatic hydroxyl groups excluding tert-OH is 5. The number of hydrogen-bond acceptors (Lipinski definition) is 8. The van der Waals surface area contributed by atoms with Crippen LogP contribution in [0.1, 0.15) is 136 Å². The standard InChI is InChI=1S/C41H71NO8/c1-3-5-7-9-11-13-15-17-19-20-22-24-26-28-30-35(44)34(33-49-41-40(48)39(47)38(46)36(32-43)50-41)42-37(45)31-29-27-25-23-21-18-16-14-12-10-8-6-4-2/h8,10,13-16,20,22,28,30,34-36,38-41,43-44,46-48H,3-7,9,11-12,17-19,21,23-27,29,31-33H2,1-2H3,(H,42,45)/b10-8-,15-13+,16-14-,22-20+,30-28+. The third-order valence-corrected chi connectivity index (χ3v) is 8.77. The summed E-state index contributed by atoms with van der Waals surface area (Å²) in [4.78, 5) is 12.9. The van der Waals surface area contributed by atoms with E-state index in [0.717, 1.165) is 83.5 Å². The lowest BCUT2D eigenvalue weighted by molar-refractivity contribution is -0.302. The van der Waals surface area contributed by atoms with Gasteiger partial charge in [-0.2, -0.15) is 0 Å². The Kier molecular flexibility index (Phi) is 29.0. The average Bonchev–Trinajstić information content (AvgIpc) is 3.11. The molecule has 1 aliphatic heterocycles. The quantitative estimate of drug-likeness (QED) is 0.0350. The molecule has 0 bridgehead atoms. The molecule has 1 rings (SSSR count). The second-order valence-corrected chi connectivity index (χ2v) is 13.3. The van der Waals surface area contributed by atoms with Crippen molar-refractivity contribution in [3.63, 3.8) is 0 Å². The van der Waals surface area contributed by atoms with Crippen LogP contribution < -0.4 is 5.32 Å². The number of amides is 1. The summed E-state index contributed by atoms with van der Waals surface area (Å²) in [5, 5.41) is 53.9. The Labute approximate surface area is 303 Å². The van der Waals surface area contributed by atoms with Gasteiger partial charge in [0, 0.05) is 6.42 Å². The van der Waals surface area contributed by atoms with Crippen LogP contribution in [0.4, 0.5) is 0 Å². The van der Waals surface area contributed by atoms with Crippen LogP contribution in [-0.4, -0.2) is 87.5 Å². The molecule has 1 heterocycles. The monoisotopic (exact) mass is 706 g/mol. The van der Waals surface area contributed by atoms with E-state index in [0.29, 0.717) is 6.42 Å². The van der Waals surface area contributed by atoms with Gasteiger partial charge in [0.25, 0.3) is 0 Å². The lowest BCUT2D eigenvalue weighted by atomic mass is 9.99. The average molecular weight is 706 g/mol. The fraction of sp³-hybridized carbons (Fsp3) is 0.732. The SMILES string of the molecule is CCC/C=C\C/C=C\CCCCCCCC(=O)NC(COC1OC(CO)C(O)C(O)C1O)C(O)/C=C/CC/C=C/CC/C=C/CCCCCC. The third-order valence-electron chi connectivity index (χ3n) is 8.77. The van der Waals surface area contributed by atoms with Crippen molar-refractivity contribution in [3.8, 4) is 0 Å². The molecule has 0 saturated carbocycles. The van der Waals surface area contributed by atoms with Gasteiger partial charge in [-0.25, -0.2) is 0 Å². The number of unbranched alkanes of at least 4 members (excludes halogenated alkanes) is 12. The highest BCUT2D eigenvalue weighted by Gasteiger charge is 2.44. The number of rotatable bonds is 30. The van der Waals surface area contributed by atoms with E-state index < -0.39 is 49.5 Å². The lowest BCUT2D eigenvalue weighted by Gasteiger charge is -2.40. The zero-order valence-corrected chi connectivity index (χ0v) is 31.1. The number of aliphatic hydroxyl groups is 5. The van der Waals surface area contributed by atoms with Crippen molar-refractivity contribution >= 4 is 5.91 Å². The molecule has 7 atom stereocenters. The van der Waals surface area contributed by atoms with Crippen LogP contribution in [0.3, 0.4) is 0 Å². The fourth-order valence-electron chi connectivity index (χ4n) is 5.57. The molecule has 7 unspecified atom stereocenters. The topological polar surface area (TPSA) is 149 Å². The van der Waals surface area contributed by atoms with Crippen LogP contribution in [0.2, 0.25) is 0 Å². The van der Waals surface area contributed by atoms with Gasteiger partial charge in [0.1, 0.15) is 24.4 Å². The van der Waals surface area contributed by atoms with Crippen LogP contribution in [0.5, 0.6) is 0 Å². The normalized spacial score (nSPS) is 22.9. The number of carbonyl (C=O) groups excluding carboxylic acids is 1. The summed E-state index contributed by atoms with van der Waals surface area (Å²) in [6.07, 6.45) is 32.6. The molecule has 0 aliphatic carbocycles. The first-order valence-corrected chi connectivity index (χ1v) is 19.5. The number of hydrogen-bond donors (Lipinski definition) is 6. The van der Waals surface area contributed by atoms with E-state index in [4.69, 9.17) is 9.47 Å². The Morgan fingerprint density at radius 1 is 0.680 bits per heavy atom. The largest absolute Gasteiger partial charge is 0.394 e. The smallest absolute Gasteiger partial charge is 0.220 e. The highest BCUT2D eigenvalue weighted by Crippen LogP contribution is 2.22. The predicted octanol–water partition coefficient (Wildman–Crippen LogP) is 6.88. The summed E-state index contributed by atoms with van der Waals surface area (Å²) in [5.74, 6) is -0.211. The molecule has 288 valence electrons. The van der Waals surface area contributed by atoms with Crippen molar-refractivity contribution in [1.29, 1.82) is 0 Å². The third kappa shape index (κ3) is 22.7. The minimum atomic E-state index is -1.58. The Bertz CT molecular complexity index is 962. The van der Waals surface area contributed by atoms with E-state index in [2.05, 4.69) is 67.8 Å². The molecule has 6 N–H and O–H groups in total. The molecular weight excluding hydrogens is 634 g/mol. The molecule has 9 nitrogen and oxygen atoms in total. The molecule has 0 spiro atoms. The maximum atomic E-state index is 12.9. The summed E-state index contributed by atoms with van der Waals surface area (Å²) in [5.41, 5.74) is 0. The number of nitrogens with one attached hydrogen (secondary N) is 1. The van der Waals surface area contributed by atoms with E-state index in [1.807, 2.05) is 6.08 Å². The molecule has 1 fully saturated rings. The van der Waals surface area contributed by atoms with Crippen LogP contribution in [0.25, 0.3) is 0 Å². The van der Waals surface area contributed by atoms with E-state index in [9.17, 15) is 30.3 Å². The van der Waals surface area contributed by atoms with E-state index in [1.165, 1.54) is 32.1 Å². The van der Waals surface area contributed by atoms with E-state index in [-0.39, 0.29) is 12.5 Å². The highest BCUT2D eigenvalue weighted by molar-refractivity contribution is 5.76. The van der Waals surface area contributed by atoms with E-state index in [1.54, 1.807) is 6.08 Å². The van der Waals surface area contributed by atoms with Gasteiger partial charge in [0.15, 0.2) is 6.29 Å². The molecule has 1 aliphatic rings. The number of allylic oxidation sites excluding steroid dienone is 9. The second-order valence-electron chi connectivity index (χ2n) is 13.3. The van der Waals surface area contributed by atoms with Crippen molar-refractivity contribution in [1.82, 2.24) is 5.32 Å². The number of ether oxygens (including phenoxy) is 2. The fourth-order valence-corrected chi connectivity index (χ4v) is 5.57. The Balaban J connectivity index is 2.51.